The van der Waals surface area contributed by atoms with Crippen LogP contribution < -0.4 is 10.5 Å². The summed E-state index contributed by atoms with van der Waals surface area (Å²) in [6, 6.07) is 5.04. The minimum atomic E-state index is -3.65. The molecule has 0 radical (unpaired) electrons. The minimum absolute atomic E-state index is 0.208. The van der Waals surface area contributed by atoms with E-state index in [1.165, 1.54) is 0 Å². The average molecular weight is 308 g/mol. The van der Waals surface area contributed by atoms with Gasteiger partial charge >= 0.3 is 0 Å². The van der Waals surface area contributed by atoms with Crippen LogP contribution >= 0.6 is 0 Å². The summed E-state index contributed by atoms with van der Waals surface area (Å²) in [5.41, 5.74) is 9.38. The van der Waals surface area contributed by atoms with Crippen LogP contribution in [0.3, 0.4) is 0 Å². The van der Waals surface area contributed by atoms with Gasteiger partial charge in [0.2, 0.25) is 0 Å². The summed E-state index contributed by atoms with van der Waals surface area (Å²) in [4.78, 5) is 0.208. The second-order valence-electron chi connectivity index (χ2n) is 4.90. The molecule has 0 amide bonds. The van der Waals surface area contributed by atoms with E-state index in [1.807, 2.05) is 13.0 Å². The van der Waals surface area contributed by atoms with Gasteiger partial charge < -0.3 is 5.73 Å². The van der Waals surface area contributed by atoms with Gasteiger partial charge in [-0.1, -0.05) is 13.0 Å². The van der Waals surface area contributed by atoms with Crippen molar-refractivity contribution in [3.05, 3.63) is 40.7 Å². The molecule has 7 heteroatoms. The molecule has 2 aromatic rings. The number of H-pyrrole nitrogens is 1. The van der Waals surface area contributed by atoms with Crippen molar-refractivity contribution in [2.75, 3.05) is 4.72 Å². The van der Waals surface area contributed by atoms with Crippen molar-refractivity contribution in [1.29, 1.82) is 0 Å². The molecule has 0 fully saturated rings. The van der Waals surface area contributed by atoms with Gasteiger partial charge in [0.1, 0.15) is 0 Å². The molecule has 0 aliphatic carbocycles. The quantitative estimate of drug-likeness (QED) is 0.784. The second kappa shape index (κ2) is 5.87. The van der Waals surface area contributed by atoms with E-state index in [0.717, 1.165) is 17.5 Å². The van der Waals surface area contributed by atoms with Crippen LogP contribution in [0.5, 0.6) is 0 Å². The Kier molecular flexibility index (Phi) is 4.34. The van der Waals surface area contributed by atoms with Gasteiger partial charge in [0.15, 0.2) is 0 Å². The molecule has 21 heavy (non-hydrogen) atoms. The van der Waals surface area contributed by atoms with Crippen LogP contribution in [0.2, 0.25) is 0 Å². The number of aryl methyl sites for hydroxylation is 3. The Morgan fingerprint density at radius 3 is 2.52 bits per heavy atom. The number of benzene rings is 1. The van der Waals surface area contributed by atoms with E-state index in [1.54, 1.807) is 26.0 Å². The third-order valence-electron chi connectivity index (χ3n) is 3.45. The third kappa shape index (κ3) is 3.08. The topological polar surface area (TPSA) is 101 Å². The monoisotopic (exact) mass is 308 g/mol. The number of rotatable bonds is 5. The summed E-state index contributed by atoms with van der Waals surface area (Å²) in [6.45, 7) is 5.84. The first-order valence-electron chi connectivity index (χ1n) is 6.75. The van der Waals surface area contributed by atoms with Crippen LogP contribution in [-0.4, -0.2) is 18.6 Å². The highest BCUT2D eigenvalue weighted by Gasteiger charge is 2.19. The van der Waals surface area contributed by atoms with E-state index in [9.17, 15) is 8.42 Å². The Morgan fingerprint density at radius 2 is 2.00 bits per heavy atom. The normalized spacial score (nSPS) is 11.6. The molecule has 0 aliphatic rings. The van der Waals surface area contributed by atoms with E-state index in [0.29, 0.717) is 23.6 Å². The van der Waals surface area contributed by atoms with Gasteiger partial charge in [-0.15, -0.1) is 0 Å². The first-order chi connectivity index (χ1) is 9.89. The lowest BCUT2D eigenvalue weighted by molar-refractivity contribution is 0.601. The highest BCUT2D eigenvalue weighted by molar-refractivity contribution is 7.92. The molecule has 4 N–H and O–H groups in total. The molecule has 6 nitrogen and oxygen atoms in total. The molecule has 0 spiro atoms. The highest BCUT2D eigenvalue weighted by atomic mass is 32.2. The summed E-state index contributed by atoms with van der Waals surface area (Å²) in [7, 11) is -3.65. The number of aromatic amines is 1. The van der Waals surface area contributed by atoms with Crippen molar-refractivity contribution in [3.8, 4) is 0 Å². The zero-order valence-electron chi connectivity index (χ0n) is 12.4. The summed E-state index contributed by atoms with van der Waals surface area (Å²) in [6.07, 6.45) is 0.820. The standard InChI is InChI=1S/C14H20N4O2S/c1-4-11-5-6-13(7-12(11)8-15)21(19,20)18-14-9(2)16-17-10(14)3/h5-7,18H,4,8,15H2,1-3H3,(H,16,17). The van der Waals surface area contributed by atoms with Gasteiger partial charge in [-0.25, -0.2) is 8.42 Å². The van der Waals surface area contributed by atoms with Gasteiger partial charge in [-0.05, 0) is 43.5 Å². The molecule has 0 saturated carbocycles. The lowest BCUT2D eigenvalue weighted by atomic mass is 10.1. The number of hydrogen-bond acceptors (Lipinski definition) is 4. The lowest BCUT2D eigenvalue weighted by Crippen LogP contribution is -2.15. The van der Waals surface area contributed by atoms with E-state index < -0.39 is 10.0 Å². The van der Waals surface area contributed by atoms with Gasteiger partial charge in [0.25, 0.3) is 10.0 Å². The van der Waals surface area contributed by atoms with Gasteiger partial charge in [-0.3, -0.25) is 9.82 Å². The van der Waals surface area contributed by atoms with Crippen LogP contribution in [0.25, 0.3) is 0 Å². The molecule has 0 bridgehead atoms. The number of nitrogens with one attached hydrogen (secondary N) is 2. The number of sulfonamides is 1. The van der Waals surface area contributed by atoms with Crippen LogP contribution in [-0.2, 0) is 23.0 Å². The maximum absolute atomic E-state index is 12.5. The predicted molar refractivity (Wildman–Crippen MR) is 82.6 cm³/mol. The van der Waals surface area contributed by atoms with Crippen LogP contribution in [0.1, 0.15) is 29.4 Å². The smallest absolute Gasteiger partial charge is 0.262 e. The fraction of sp³-hybridized carbons (Fsp3) is 0.357. The Labute approximate surface area is 124 Å². The lowest BCUT2D eigenvalue weighted by Gasteiger charge is -2.11. The molecule has 0 aliphatic heterocycles. The highest BCUT2D eigenvalue weighted by Crippen LogP contribution is 2.23. The molecular formula is C14H20N4O2S. The zero-order chi connectivity index (χ0) is 15.6. The Bertz CT molecular complexity index is 731. The van der Waals surface area contributed by atoms with E-state index in [4.69, 9.17) is 5.73 Å². The molecule has 1 aromatic heterocycles. The van der Waals surface area contributed by atoms with Crippen LogP contribution in [0, 0.1) is 13.8 Å². The molecule has 114 valence electrons. The third-order valence-corrected chi connectivity index (χ3v) is 4.80. The van der Waals surface area contributed by atoms with Crippen LogP contribution in [0.4, 0.5) is 5.69 Å². The number of hydrogen-bond donors (Lipinski definition) is 3. The first kappa shape index (κ1) is 15.5. The SMILES string of the molecule is CCc1ccc(S(=O)(=O)Nc2c(C)n[nH]c2C)cc1CN. The van der Waals surface area contributed by atoms with Crippen molar-refractivity contribution in [3.63, 3.8) is 0 Å². The van der Waals surface area contributed by atoms with E-state index >= 15 is 0 Å². The number of anilines is 1. The van der Waals surface area contributed by atoms with Crippen molar-refractivity contribution in [2.24, 2.45) is 5.73 Å². The molecule has 0 atom stereocenters. The van der Waals surface area contributed by atoms with Crippen molar-refractivity contribution < 1.29 is 8.42 Å². The van der Waals surface area contributed by atoms with Crippen molar-refractivity contribution >= 4 is 15.7 Å². The summed E-state index contributed by atoms with van der Waals surface area (Å²) >= 11 is 0. The van der Waals surface area contributed by atoms with Gasteiger partial charge in [0, 0.05) is 6.54 Å². The molecule has 1 heterocycles. The van der Waals surface area contributed by atoms with Gasteiger partial charge in [0.05, 0.1) is 22.0 Å². The van der Waals surface area contributed by atoms with Crippen molar-refractivity contribution in [2.45, 2.75) is 38.6 Å². The van der Waals surface area contributed by atoms with E-state index in [2.05, 4.69) is 14.9 Å². The molecule has 0 unspecified atom stereocenters. The van der Waals surface area contributed by atoms with Crippen molar-refractivity contribution in [1.82, 2.24) is 10.2 Å². The summed E-state index contributed by atoms with van der Waals surface area (Å²) in [5.74, 6) is 0. The average Bonchev–Trinajstić information content (AvgIpc) is 2.78. The maximum atomic E-state index is 12.5. The zero-order valence-corrected chi connectivity index (χ0v) is 13.2. The maximum Gasteiger partial charge on any atom is 0.262 e. The largest absolute Gasteiger partial charge is 0.326 e. The first-order valence-corrected chi connectivity index (χ1v) is 8.23. The number of aromatic nitrogens is 2. The molecule has 0 saturated heterocycles. The van der Waals surface area contributed by atoms with E-state index in [-0.39, 0.29) is 4.90 Å². The second-order valence-corrected chi connectivity index (χ2v) is 6.59. The molecule has 1 aromatic carbocycles. The Morgan fingerprint density at radius 1 is 1.29 bits per heavy atom. The number of nitrogens with zero attached hydrogens (tertiary/aromatic N) is 1. The van der Waals surface area contributed by atoms with Crippen LogP contribution in [0.15, 0.2) is 23.1 Å². The number of nitrogens with two attached hydrogens (primary N) is 1. The predicted octanol–water partition coefficient (Wildman–Crippen LogP) is 1.85. The molecular weight excluding hydrogens is 288 g/mol. The molecule has 2 rings (SSSR count). The summed E-state index contributed by atoms with van der Waals surface area (Å²) in [5, 5.41) is 6.74. The van der Waals surface area contributed by atoms with Gasteiger partial charge in [-0.2, -0.15) is 5.10 Å². The fourth-order valence-electron chi connectivity index (χ4n) is 2.20. The Hall–Kier alpha value is -1.86. The summed E-state index contributed by atoms with van der Waals surface area (Å²) < 4.78 is 27.5. The minimum Gasteiger partial charge on any atom is -0.326 e. The fourth-order valence-corrected chi connectivity index (χ4v) is 3.43. The Balaban J connectivity index is 2.40.